The molecule has 0 radical (unpaired) electrons. The van der Waals surface area contributed by atoms with Crippen molar-refractivity contribution < 1.29 is 49.5 Å². The Balaban J connectivity index is 0.000000649. The third-order valence-electron chi connectivity index (χ3n) is 9.71. The van der Waals surface area contributed by atoms with Gasteiger partial charge in [-0.05, 0) is 55.2 Å². The predicted molar refractivity (Wildman–Crippen MR) is 188 cm³/mol. The fourth-order valence-corrected chi connectivity index (χ4v) is 8.10. The number of fused-ring (bicyclic) bond motifs is 1. The number of anilines is 2. The third-order valence-corrected chi connectivity index (χ3v) is 11.2. The number of alkyl halides is 4. The van der Waals surface area contributed by atoms with Gasteiger partial charge in [0.05, 0.1) is 11.3 Å². The van der Waals surface area contributed by atoms with E-state index in [2.05, 4.69) is 37.2 Å². The van der Waals surface area contributed by atoms with E-state index in [1.165, 1.54) is 6.20 Å². The Hall–Kier alpha value is -4.72. The van der Waals surface area contributed by atoms with Crippen LogP contribution >= 0.6 is 0 Å². The first-order valence-electron chi connectivity index (χ1n) is 17.1. The van der Waals surface area contributed by atoms with Gasteiger partial charge < -0.3 is 20.3 Å². The molecule has 4 aromatic rings. The summed E-state index contributed by atoms with van der Waals surface area (Å²) in [6.07, 6.45) is -1.14. The summed E-state index contributed by atoms with van der Waals surface area (Å²) < 4.78 is 104. The quantitative estimate of drug-likeness (QED) is 0.144. The summed E-state index contributed by atoms with van der Waals surface area (Å²) in [5.41, 5.74) is 1.54. The number of nitrogens with zero attached hydrogens (tertiary/aromatic N) is 4. The van der Waals surface area contributed by atoms with E-state index in [4.69, 9.17) is 9.90 Å². The molecule has 3 saturated heterocycles. The number of hydrogen-bond acceptors (Lipinski definition) is 8. The minimum absolute atomic E-state index is 0.0176. The van der Waals surface area contributed by atoms with E-state index in [0.29, 0.717) is 22.6 Å². The highest BCUT2D eigenvalue weighted by Gasteiger charge is 2.38. The number of nitrogens with one attached hydrogen (secondary N) is 3. The fourth-order valence-electron chi connectivity index (χ4n) is 6.83. The summed E-state index contributed by atoms with van der Waals surface area (Å²) in [5, 5.41) is 10.9. The van der Waals surface area contributed by atoms with Gasteiger partial charge in [-0.25, -0.2) is 22.9 Å². The van der Waals surface area contributed by atoms with Crippen molar-refractivity contribution in [3.05, 3.63) is 77.6 Å². The number of benzene rings is 2. The first-order valence-corrected chi connectivity index (χ1v) is 18.6. The molecule has 0 aliphatic carbocycles. The zero-order valence-electron chi connectivity index (χ0n) is 28.7. The molecular weight excluding hydrogens is 744 g/mol. The molecule has 3 fully saturated rings. The van der Waals surface area contributed by atoms with Crippen molar-refractivity contribution >= 4 is 44.4 Å². The van der Waals surface area contributed by atoms with Gasteiger partial charge in [-0.3, -0.25) is 14.4 Å². The number of aromatic amines is 1. The summed E-state index contributed by atoms with van der Waals surface area (Å²) in [6, 6.07) is 12.2. The minimum atomic E-state index is -5.08. The Morgan fingerprint density at radius 3 is 2.20 bits per heavy atom. The third kappa shape index (κ3) is 8.64. The summed E-state index contributed by atoms with van der Waals surface area (Å²) in [6.45, 7) is 5.84. The standard InChI is InChI=1S/C33H36F3N7O3S.C2HF3O2/c34-23-7-14-43(20-23)47(45,46)40-29-6-5-28(35)30(31(29)36)32(44)27-19-39-33-26(27)17-22(18-38-33)21-1-3-24(4-2-21)41-12-8-25(9-13-41)42-15-10-37-11-16-42;3-2(4,5)1(6)7/h1-6,17-19,23,25,37,40H,7-16,20H2,(H,38,39);(H,6,7)/t23-;/m1./s1. The Bertz CT molecular complexity index is 2100. The van der Waals surface area contributed by atoms with Crippen LogP contribution in [0.15, 0.2) is 54.9 Å². The molecule has 1 atom stereocenters. The number of halogens is 6. The van der Waals surface area contributed by atoms with E-state index in [9.17, 15) is 35.2 Å². The number of piperidine rings is 1. The van der Waals surface area contributed by atoms with Gasteiger partial charge in [0.1, 0.15) is 17.6 Å². The Labute approximate surface area is 306 Å². The second kappa shape index (κ2) is 15.9. The first kappa shape index (κ1) is 39.0. The number of H-pyrrole nitrogens is 1. The van der Waals surface area contributed by atoms with Gasteiger partial charge in [-0.1, -0.05) is 12.1 Å². The van der Waals surface area contributed by atoms with Crippen molar-refractivity contribution in [2.45, 2.75) is 37.7 Å². The number of aromatic nitrogens is 2. The molecule has 0 unspecified atom stereocenters. The van der Waals surface area contributed by atoms with E-state index < -0.39 is 57.2 Å². The number of carboxylic acid groups (broad SMARTS) is 1. The molecule has 290 valence electrons. The molecule has 0 spiro atoms. The molecule has 3 aliphatic rings. The Morgan fingerprint density at radius 1 is 0.926 bits per heavy atom. The SMILES string of the molecule is O=C(O)C(F)(F)F.O=C(c1c(F)ccc(NS(=O)(=O)N2CC[C@@H](F)C2)c1F)c1c[nH]c2ncc(-c3ccc(N4CCC(N5CCNCC5)CC4)cc3)cc12. The lowest BCUT2D eigenvalue weighted by Crippen LogP contribution is -2.52. The van der Waals surface area contributed by atoms with Crippen molar-refractivity contribution in [3.63, 3.8) is 0 Å². The highest BCUT2D eigenvalue weighted by Crippen LogP contribution is 2.32. The number of hydrogen-bond donors (Lipinski definition) is 4. The maximum Gasteiger partial charge on any atom is 0.490 e. The van der Waals surface area contributed by atoms with Crippen molar-refractivity contribution in [2.24, 2.45) is 0 Å². The normalized spacial score (nSPS) is 19.1. The first-order chi connectivity index (χ1) is 25.6. The monoisotopic (exact) mass is 781 g/mol. The van der Waals surface area contributed by atoms with Crippen LogP contribution in [-0.2, 0) is 15.0 Å². The molecule has 4 N–H and O–H groups in total. The number of piperazine rings is 1. The van der Waals surface area contributed by atoms with Crippen molar-refractivity contribution in [2.75, 3.05) is 62.0 Å². The van der Waals surface area contributed by atoms with Crippen LogP contribution in [0.2, 0.25) is 0 Å². The number of carbonyl (C=O) groups is 2. The molecule has 54 heavy (non-hydrogen) atoms. The van der Waals surface area contributed by atoms with Gasteiger partial charge in [0.2, 0.25) is 5.78 Å². The molecular formula is C35H37F6N7O5S. The average molecular weight is 782 g/mol. The smallest absolute Gasteiger partial charge is 0.475 e. The van der Waals surface area contributed by atoms with Crippen LogP contribution in [0.25, 0.3) is 22.2 Å². The van der Waals surface area contributed by atoms with Gasteiger partial charge in [-0.2, -0.15) is 25.9 Å². The molecule has 0 saturated carbocycles. The number of ketones is 1. The van der Waals surface area contributed by atoms with Crippen molar-refractivity contribution in [1.82, 2.24) is 24.5 Å². The summed E-state index contributed by atoms with van der Waals surface area (Å²) in [4.78, 5) is 34.8. The van der Waals surface area contributed by atoms with Crippen LogP contribution in [0.5, 0.6) is 0 Å². The number of rotatable bonds is 8. The predicted octanol–water partition coefficient (Wildman–Crippen LogP) is 4.95. The highest BCUT2D eigenvalue weighted by atomic mass is 32.2. The molecule has 5 heterocycles. The topological polar surface area (TPSA) is 151 Å². The summed E-state index contributed by atoms with van der Waals surface area (Å²) in [7, 11) is -4.32. The Morgan fingerprint density at radius 2 is 1.59 bits per heavy atom. The lowest BCUT2D eigenvalue weighted by molar-refractivity contribution is -0.192. The second-order valence-electron chi connectivity index (χ2n) is 13.1. The van der Waals surface area contributed by atoms with E-state index in [1.54, 1.807) is 12.3 Å². The fraction of sp³-hybridized carbons (Fsp3) is 0.400. The zero-order chi connectivity index (χ0) is 38.8. The lowest BCUT2D eigenvalue weighted by Gasteiger charge is -2.41. The second-order valence-corrected chi connectivity index (χ2v) is 14.8. The van der Waals surface area contributed by atoms with Gasteiger partial charge in [0, 0.05) is 93.0 Å². The zero-order valence-corrected chi connectivity index (χ0v) is 29.5. The average Bonchev–Trinajstić information content (AvgIpc) is 3.80. The van der Waals surface area contributed by atoms with Gasteiger partial charge in [-0.15, -0.1) is 0 Å². The van der Waals surface area contributed by atoms with Gasteiger partial charge >= 0.3 is 22.4 Å². The van der Waals surface area contributed by atoms with Crippen LogP contribution < -0.4 is 14.9 Å². The molecule has 2 aromatic heterocycles. The molecule has 7 rings (SSSR count). The van der Waals surface area contributed by atoms with Crippen molar-refractivity contribution in [3.8, 4) is 11.1 Å². The van der Waals surface area contributed by atoms with E-state index in [-0.39, 0.29) is 25.1 Å². The highest BCUT2D eigenvalue weighted by molar-refractivity contribution is 7.90. The van der Waals surface area contributed by atoms with Crippen LogP contribution in [0.4, 0.5) is 37.7 Å². The number of carboxylic acids is 1. The number of aliphatic carboxylic acids is 1. The lowest BCUT2D eigenvalue weighted by atomic mass is 9.99. The number of carbonyl (C=O) groups excluding carboxylic acids is 1. The van der Waals surface area contributed by atoms with Gasteiger partial charge in [0.15, 0.2) is 5.82 Å². The van der Waals surface area contributed by atoms with Crippen LogP contribution in [0.3, 0.4) is 0 Å². The largest absolute Gasteiger partial charge is 0.490 e. The molecule has 2 aromatic carbocycles. The van der Waals surface area contributed by atoms with Crippen molar-refractivity contribution in [1.29, 1.82) is 0 Å². The maximum absolute atomic E-state index is 15.6. The number of pyridine rings is 1. The Kier molecular flexibility index (Phi) is 11.5. The summed E-state index contributed by atoms with van der Waals surface area (Å²) in [5.74, 6) is -6.24. The summed E-state index contributed by atoms with van der Waals surface area (Å²) >= 11 is 0. The van der Waals surface area contributed by atoms with Gasteiger partial charge in [0.25, 0.3) is 0 Å². The van der Waals surface area contributed by atoms with Crippen LogP contribution in [-0.4, -0.2) is 115 Å². The van der Waals surface area contributed by atoms with E-state index >= 15 is 4.39 Å². The maximum atomic E-state index is 15.6. The molecule has 19 heteroatoms. The van der Waals surface area contributed by atoms with E-state index in [1.807, 2.05) is 16.9 Å². The molecule has 12 nitrogen and oxygen atoms in total. The van der Waals surface area contributed by atoms with Crippen LogP contribution in [0.1, 0.15) is 35.2 Å². The molecule has 0 bridgehead atoms. The molecule has 3 aliphatic heterocycles. The van der Waals surface area contributed by atoms with Crippen LogP contribution in [0, 0.1) is 11.6 Å². The minimum Gasteiger partial charge on any atom is -0.475 e. The van der Waals surface area contributed by atoms with E-state index in [0.717, 1.165) is 79.8 Å². The molecule has 0 amide bonds.